The minimum absolute atomic E-state index is 0. The van der Waals surface area contributed by atoms with Crippen molar-refractivity contribution in [2.45, 2.75) is 27.7 Å². The fraction of sp³-hybridized carbons (Fsp3) is 0.0606. The van der Waals surface area contributed by atoms with Crippen molar-refractivity contribution in [1.29, 1.82) is 0 Å². The van der Waals surface area contributed by atoms with Crippen molar-refractivity contribution >= 4 is 120 Å². The zero-order chi connectivity index (χ0) is 51.3. The first-order valence-corrected chi connectivity index (χ1v) is 25.2. The second kappa shape index (κ2) is 21.7. The molecule has 0 aliphatic rings. The molecule has 8 aromatic heterocycles. The summed E-state index contributed by atoms with van der Waals surface area (Å²) in [5.41, 5.74) is 10.0. The summed E-state index contributed by atoms with van der Waals surface area (Å²) in [6.45, 7) is 7.54. The van der Waals surface area contributed by atoms with E-state index in [4.69, 9.17) is 9.97 Å². The van der Waals surface area contributed by atoms with Crippen LogP contribution in [0.4, 0.5) is 0 Å². The van der Waals surface area contributed by atoms with Gasteiger partial charge in [0.25, 0.3) is 0 Å². The first-order chi connectivity index (χ1) is 37.4. The van der Waals surface area contributed by atoms with E-state index in [1.165, 1.54) is 86.4 Å². The third-order valence-corrected chi connectivity index (χ3v) is 14.5. The van der Waals surface area contributed by atoms with Crippen LogP contribution < -0.4 is 10.2 Å². The molecule has 0 fully saturated rings. The number of hydrogen-bond donors (Lipinski definition) is 0. The molecule has 12 heteroatoms. The standard InChI is InChI=1S/2C29H17N2.2C4H6N3.2Pt/c2*1-3-11-21-19(9-1)20-10-2-4-12-22(20)26-16-8-18-30-29(26)31-27-17-6-5-13-23(27)25-15-7-14-24(21)28(25)31;2*1-3-4(2)6-7-5-3;;/h2*1-16,18H;2*1-2H3;;/q4*-1;2*+2. The van der Waals surface area contributed by atoms with Crippen LogP contribution in [-0.2, 0) is 42.1 Å². The molecule has 8 heterocycles. The first-order valence-electron chi connectivity index (χ1n) is 25.2. The van der Waals surface area contributed by atoms with E-state index in [2.05, 4.69) is 222 Å². The molecule has 10 nitrogen and oxygen atoms in total. The second-order valence-electron chi connectivity index (χ2n) is 18.8. The summed E-state index contributed by atoms with van der Waals surface area (Å²) in [7, 11) is 0. The third kappa shape index (κ3) is 8.81. The number of aromatic nitrogens is 10. The molecule has 0 saturated carbocycles. The molecule has 16 aromatic rings. The van der Waals surface area contributed by atoms with Gasteiger partial charge < -0.3 is 29.2 Å². The Labute approximate surface area is 477 Å². The zero-order valence-electron chi connectivity index (χ0n) is 42.7. The average molecular weight is 1370 g/mol. The van der Waals surface area contributed by atoms with Gasteiger partial charge in [-0.1, -0.05) is 167 Å². The van der Waals surface area contributed by atoms with Crippen molar-refractivity contribution in [3.8, 4) is 0 Å². The smallest absolute Gasteiger partial charge is 0.355 e. The van der Waals surface area contributed by atoms with Crippen LogP contribution in [0.1, 0.15) is 22.8 Å². The molecule has 16 rings (SSSR count). The minimum atomic E-state index is 0. The topological polar surface area (TPSA) is 114 Å². The fourth-order valence-corrected chi connectivity index (χ4v) is 10.7. The fourth-order valence-electron chi connectivity index (χ4n) is 10.7. The predicted octanol–water partition coefficient (Wildman–Crippen LogP) is 15.0. The average Bonchev–Trinajstić information content (AvgIpc) is 4.40. The van der Waals surface area contributed by atoms with Gasteiger partial charge in [0.2, 0.25) is 0 Å². The van der Waals surface area contributed by atoms with Gasteiger partial charge in [-0.3, -0.25) is 10.4 Å². The number of benzene rings is 8. The molecule has 8 aromatic carbocycles. The zero-order valence-corrected chi connectivity index (χ0v) is 47.3. The molecule has 0 bridgehead atoms. The van der Waals surface area contributed by atoms with Gasteiger partial charge >= 0.3 is 42.1 Å². The van der Waals surface area contributed by atoms with E-state index in [0.717, 1.165) is 55.9 Å². The summed E-state index contributed by atoms with van der Waals surface area (Å²) >= 11 is 0. The van der Waals surface area contributed by atoms with Crippen molar-refractivity contribution in [1.82, 2.24) is 49.6 Å². The van der Waals surface area contributed by atoms with Gasteiger partial charge in [0.15, 0.2) is 0 Å². The summed E-state index contributed by atoms with van der Waals surface area (Å²) in [5, 5.41) is 40.8. The van der Waals surface area contributed by atoms with Gasteiger partial charge in [0.05, 0.1) is 0 Å². The van der Waals surface area contributed by atoms with Gasteiger partial charge in [-0.05, 0) is 106 Å². The maximum atomic E-state index is 4.91. The molecule has 0 aliphatic heterocycles. The number of nitrogens with zero attached hydrogens (tertiary/aromatic N) is 10. The van der Waals surface area contributed by atoms with Gasteiger partial charge in [-0.15, -0.1) is 10.8 Å². The first kappa shape index (κ1) is 51.4. The van der Waals surface area contributed by atoms with E-state index in [0.29, 0.717) is 0 Å². The van der Waals surface area contributed by atoms with Crippen LogP contribution in [0.25, 0.3) is 120 Å². The van der Waals surface area contributed by atoms with Crippen LogP contribution in [0.3, 0.4) is 0 Å². The molecule has 0 saturated heterocycles. The van der Waals surface area contributed by atoms with Gasteiger partial charge in [-0.25, -0.2) is 9.97 Å². The van der Waals surface area contributed by atoms with E-state index in [9.17, 15) is 0 Å². The van der Waals surface area contributed by atoms with Crippen molar-refractivity contribution in [2.24, 2.45) is 0 Å². The second-order valence-corrected chi connectivity index (χ2v) is 18.8. The number of rotatable bonds is 0. The van der Waals surface area contributed by atoms with Gasteiger partial charge in [0, 0.05) is 45.0 Å². The van der Waals surface area contributed by atoms with E-state index < -0.39 is 0 Å². The van der Waals surface area contributed by atoms with Crippen LogP contribution >= 0.6 is 0 Å². The summed E-state index contributed by atoms with van der Waals surface area (Å²) in [6.07, 6.45) is 3.77. The van der Waals surface area contributed by atoms with Gasteiger partial charge in [0.1, 0.15) is 11.3 Å². The number of fused-ring (bicyclic) bond motifs is 20. The molecule has 0 atom stereocenters. The van der Waals surface area contributed by atoms with Crippen molar-refractivity contribution in [2.75, 3.05) is 0 Å². The molecular formula is C66H46N10Pt2. The Balaban J connectivity index is 0.000000130. The van der Waals surface area contributed by atoms with E-state index in [1.54, 1.807) is 0 Å². The Hall–Kier alpha value is -8.68. The van der Waals surface area contributed by atoms with Crippen LogP contribution in [0.5, 0.6) is 0 Å². The molecule has 0 radical (unpaired) electrons. The number of hydrogen-bond acceptors (Lipinski definition) is 6. The minimum Gasteiger partial charge on any atom is -0.355 e. The van der Waals surface area contributed by atoms with Crippen molar-refractivity contribution in [3.05, 3.63) is 241 Å². The maximum absolute atomic E-state index is 4.91. The summed E-state index contributed by atoms with van der Waals surface area (Å²) in [5.74, 6) is 0. The van der Waals surface area contributed by atoms with E-state index >= 15 is 0 Å². The number of aryl methyl sites for hydroxylation is 4. The predicted molar refractivity (Wildman–Crippen MR) is 310 cm³/mol. The summed E-state index contributed by atoms with van der Waals surface area (Å²) in [4.78, 5) is 9.83. The maximum Gasteiger partial charge on any atom is 2.00 e. The molecule has 0 N–H and O–H groups in total. The summed E-state index contributed by atoms with van der Waals surface area (Å²) < 4.78 is 4.60. The molecule has 0 spiro atoms. The van der Waals surface area contributed by atoms with Crippen LogP contribution in [-0.4, -0.2) is 39.4 Å². The van der Waals surface area contributed by atoms with Crippen LogP contribution in [0.2, 0.25) is 0 Å². The van der Waals surface area contributed by atoms with E-state index in [1.807, 2.05) is 64.4 Å². The Kier molecular flexibility index (Phi) is 14.3. The number of para-hydroxylation sites is 4. The van der Waals surface area contributed by atoms with Gasteiger partial charge in [-0.2, -0.15) is 48.5 Å². The Morgan fingerprint density at radius 1 is 0.321 bits per heavy atom. The Morgan fingerprint density at radius 2 is 0.603 bits per heavy atom. The van der Waals surface area contributed by atoms with Crippen LogP contribution in [0, 0.1) is 39.8 Å². The molecule has 78 heavy (non-hydrogen) atoms. The normalized spacial score (nSPS) is 11.1. The van der Waals surface area contributed by atoms with E-state index in [-0.39, 0.29) is 42.1 Å². The van der Waals surface area contributed by atoms with Crippen molar-refractivity contribution in [3.63, 3.8) is 0 Å². The summed E-state index contributed by atoms with van der Waals surface area (Å²) in [6, 6.07) is 75.8. The Morgan fingerprint density at radius 3 is 0.910 bits per heavy atom. The van der Waals surface area contributed by atoms with Crippen LogP contribution in [0.15, 0.2) is 207 Å². The van der Waals surface area contributed by atoms with Crippen molar-refractivity contribution < 1.29 is 42.1 Å². The SMILES string of the molecule is Cc1nn[n-]c1C.Cc1nn[n-]c1C.[Pt+2].[Pt+2].[c-]1cccc2c3cccc4c5ccccc5c5ccccc5c5cccnc5n(c12)c43.[c-]1cccc2c3cccc4c5ccccc5c5ccccc5c5cccnc5n(c12)c43. The molecule has 0 amide bonds. The Bertz CT molecular complexity index is 4630. The monoisotopic (exact) mass is 1370 g/mol. The number of pyridine rings is 2. The molecule has 0 unspecified atom stereocenters. The largest absolute Gasteiger partial charge is 2.00 e. The molecule has 0 aliphatic carbocycles. The molecule has 380 valence electrons. The molecular weight excluding hydrogens is 1320 g/mol. The third-order valence-electron chi connectivity index (χ3n) is 14.5. The quantitative estimate of drug-likeness (QED) is 0.138.